The minimum atomic E-state index is -0.265. The molecule has 2 aromatic carbocycles. The number of benzene rings is 2. The highest BCUT2D eigenvalue weighted by Gasteiger charge is 2.18. The average Bonchev–Trinajstić information content (AvgIpc) is 3.23. The Morgan fingerprint density at radius 1 is 1.14 bits per heavy atom. The lowest BCUT2D eigenvalue weighted by molar-refractivity contribution is 0.0675. The second kappa shape index (κ2) is 8.45. The summed E-state index contributed by atoms with van der Waals surface area (Å²) < 4.78 is 25.3. The fourth-order valence-electron chi connectivity index (χ4n) is 3.33. The summed E-state index contributed by atoms with van der Waals surface area (Å²) in [5, 5.41) is 4.10. The lowest BCUT2D eigenvalue weighted by Crippen LogP contribution is -2.44. The van der Waals surface area contributed by atoms with Crippen molar-refractivity contribution in [1.82, 2.24) is 10.1 Å². The van der Waals surface area contributed by atoms with Gasteiger partial charge in [0, 0.05) is 30.6 Å². The molecule has 29 heavy (non-hydrogen) atoms. The minimum absolute atomic E-state index is 0.147. The Labute approximate surface area is 168 Å². The van der Waals surface area contributed by atoms with Crippen molar-refractivity contribution in [2.45, 2.75) is 12.8 Å². The van der Waals surface area contributed by atoms with Gasteiger partial charge in [-0.15, -0.1) is 0 Å². The third-order valence-corrected chi connectivity index (χ3v) is 5.10. The molecule has 0 radical (unpaired) electrons. The lowest BCUT2D eigenvalue weighted by Gasteiger charge is -2.27. The van der Waals surface area contributed by atoms with Crippen LogP contribution < -0.4 is 5.73 Å². The Hall–Kier alpha value is -3.19. The Balaban J connectivity index is 1.51. The highest BCUT2D eigenvalue weighted by atomic mass is 19.1. The van der Waals surface area contributed by atoms with Gasteiger partial charge in [0.25, 0.3) is 5.88 Å². The average molecular weight is 394 g/mol. The molecule has 0 spiro atoms. The number of rotatable bonds is 4. The van der Waals surface area contributed by atoms with Gasteiger partial charge in [0.05, 0.1) is 18.9 Å². The topological polar surface area (TPSA) is 76.9 Å². The molecule has 2 N–H and O–H groups in total. The smallest absolute Gasteiger partial charge is 0.253 e. The predicted molar refractivity (Wildman–Crippen MR) is 110 cm³/mol. The maximum Gasteiger partial charge on any atom is 0.253 e. The van der Waals surface area contributed by atoms with Crippen LogP contribution in [0.25, 0.3) is 11.1 Å². The number of nitrogens with zero attached hydrogens (tertiary/aromatic N) is 3. The zero-order chi connectivity index (χ0) is 20.2. The summed E-state index contributed by atoms with van der Waals surface area (Å²) >= 11 is 0. The molecule has 150 valence electrons. The van der Waals surface area contributed by atoms with Crippen molar-refractivity contribution in [3.63, 3.8) is 0 Å². The molecule has 3 aromatic rings. The Morgan fingerprint density at radius 2 is 1.90 bits per heavy atom. The molecule has 1 saturated heterocycles. The van der Waals surface area contributed by atoms with Gasteiger partial charge in [0.1, 0.15) is 5.82 Å². The van der Waals surface area contributed by atoms with Gasteiger partial charge in [-0.05, 0) is 17.2 Å². The van der Waals surface area contributed by atoms with Crippen LogP contribution in [0.1, 0.15) is 24.1 Å². The molecule has 1 aromatic heterocycles. The monoisotopic (exact) mass is 394 g/mol. The fraction of sp³-hybridized carbons (Fsp3) is 0.273. The molecule has 1 fully saturated rings. The summed E-state index contributed by atoms with van der Waals surface area (Å²) in [4.78, 5) is 6.25. The van der Waals surface area contributed by atoms with Gasteiger partial charge in [0.15, 0.2) is 5.96 Å². The van der Waals surface area contributed by atoms with E-state index in [9.17, 15) is 4.39 Å². The Bertz CT molecular complexity index is 997. The molecule has 2 heterocycles. The van der Waals surface area contributed by atoms with Crippen LogP contribution in [-0.4, -0.2) is 42.3 Å². The van der Waals surface area contributed by atoms with E-state index in [1.807, 2.05) is 48.2 Å². The van der Waals surface area contributed by atoms with Crippen molar-refractivity contribution in [1.29, 1.82) is 0 Å². The standard InChI is InChI=1S/C22H23FN4O2/c1-15(17-7-8-18(19(23)13-17)16-5-3-2-4-6-16)20-14-21(29-26-20)25-22(24)27-9-11-28-12-10-27/h2-8,13-15H,9-12H2,1H3,(H2,24,25). The van der Waals surface area contributed by atoms with Crippen LogP contribution in [0, 0.1) is 5.82 Å². The van der Waals surface area contributed by atoms with Crippen molar-refractivity contribution in [3.05, 3.63) is 71.7 Å². The van der Waals surface area contributed by atoms with E-state index >= 15 is 0 Å². The molecule has 7 heteroatoms. The summed E-state index contributed by atoms with van der Waals surface area (Å²) in [6, 6.07) is 16.5. The molecule has 0 saturated carbocycles. The van der Waals surface area contributed by atoms with E-state index in [0.29, 0.717) is 49.4 Å². The second-order valence-electron chi connectivity index (χ2n) is 6.99. The number of halogens is 1. The summed E-state index contributed by atoms with van der Waals surface area (Å²) in [5.74, 6) is 0.296. The Morgan fingerprint density at radius 3 is 2.62 bits per heavy atom. The van der Waals surface area contributed by atoms with Crippen molar-refractivity contribution < 1.29 is 13.7 Å². The number of hydrogen-bond donors (Lipinski definition) is 1. The number of morpholine rings is 1. The maximum absolute atomic E-state index is 14.7. The number of aliphatic imine (C=N–C) groups is 1. The largest absolute Gasteiger partial charge is 0.378 e. The van der Waals surface area contributed by atoms with Crippen molar-refractivity contribution >= 4 is 11.8 Å². The van der Waals surface area contributed by atoms with Crippen molar-refractivity contribution in [2.75, 3.05) is 26.3 Å². The third kappa shape index (κ3) is 4.30. The van der Waals surface area contributed by atoms with E-state index in [1.54, 1.807) is 18.2 Å². The SMILES string of the molecule is CC(c1ccc(-c2ccccc2)c(F)c1)c1cc(N=C(N)N2CCOCC2)on1. The molecule has 0 bridgehead atoms. The van der Waals surface area contributed by atoms with Gasteiger partial charge < -0.3 is 19.9 Å². The summed E-state index contributed by atoms with van der Waals surface area (Å²) in [6.07, 6.45) is 0. The number of nitrogens with two attached hydrogens (primary N) is 1. The van der Waals surface area contributed by atoms with Gasteiger partial charge in [-0.1, -0.05) is 54.5 Å². The van der Waals surface area contributed by atoms with Crippen LogP contribution in [0.3, 0.4) is 0 Å². The molecular weight excluding hydrogens is 371 g/mol. The molecule has 4 rings (SSSR count). The van der Waals surface area contributed by atoms with Gasteiger partial charge in [-0.25, -0.2) is 4.39 Å². The highest BCUT2D eigenvalue weighted by molar-refractivity contribution is 5.80. The molecule has 6 nitrogen and oxygen atoms in total. The van der Waals surface area contributed by atoms with Gasteiger partial charge >= 0.3 is 0 Å². The fourth-order valence-corrected chi connectivity index (χ4v) is 3.33. The first-order chi connectivity index (χ1) is 14.1. The quantitative estimate of drug-likeness (QED) is 0.536. The third-order valence-electron chi connectivity index (χ3n) is 5.10. The van der Waals surface area contributed by atoms with E-state index in [4.69, 9.17) is 15.0 Å². The minimum Gasteiger partial charge on any atom is -0.378 e. The second-order valence-corrected chi connectivity index (χ2v) is 6.99. The van der Waals surface area contributed by atoms with Crippen LogP contribution in [0.2, 0.25) is 0 Å². The lowest BCUT2D eigenvalue weighted by atomic mass is 9.95. The zero-order valence-electron chi connectivity index (χ0n) is 16.2. The van der Waals surface area contributed by atoms with E-state index in [2.05, 4.69) is 10.1 Å². The molecule has 1 aliphatic rings. The molecule has 1 unspecified atom stereocenters. The molecule has 1 atom stereocenters. The molecular formula is C22H23FN4O2. The van der Waals surface area contributed by atoms with Gasteiger partial charge in [0.2, 0.25) is 0 Å². The van der Waals surface area contributed by atoms with Crippen molar-refractivity contribution in [2.24, 2.45) is 10.7 Å². The van der Waals surface area contributed by atoms with Crippen LogP contribution in [0.5, 0.6) is 0 Å². The zero-order valence-corrected chi connectivity index (χ0v) is 16.2. The maximum atomic E-state index is 14.7. The van der Waals surface area contributed by atoms with Crippen molar-refractivity contribution in [3.8, 4) is 11.1 Å². The van der Waals surface area contributed by atoms with Gasteiger partial charge in [-0.3, -0.25) is 0 Å². The number of hydrogen-bond acceptors (Lipinski definition) is 4. The van der Waals surface area contributed by atoms with Crippen LogP contribution in [-0.2, 0) is 4.74 Å². The number of aromatic nitrogens is 1. The highest BCUT2D eigenvalue weighted by Crippen LogP contribution is 2.30. The van der Waals surface area contributed by atoms with E-state index < -0.39 is 0 Å². The van der Waals surface area contributed by atoms with Crippen LogP contribution in [0.15, 0.2) is 64.1 Å². The normalized spacial score (nSPS) is 16.1. The summed E-state index contributed by atoms with van der Waals surface area (Å²) in [7, 11) is 0. The van der Waals surface area contributed by atoms with E-state index in [0.717, 1.165) is 11.1 Å². The number of guanidine groups is 1. The number of ether oxygens (including phenoxy) is 1. The molecule has 0 amide bonds. The first-order valence-corrected chi connectivity index (χ1v) is 9.60. The van der Waals surface area contributed by atoms with E-state index in [-0.39, 0.29) is 11.7 Å². The predicted octanol–water partition coefficient (Wildman–Crippen LogP) is 3.91. The van der Waals surface area contributed by atoms with Crippen LogP contribution >= 0.6 is 0 Å². The molecule has 1 aliphatic heterocycles. The van der Waals surface area contributed by atoms with Gasteiger partial charge in [-0.2, -0.15) is 4.99 Å². The summed E-state index contributed by atoms with van der Waals surface area (Å²) in [5.41, 5.74) is 8.96. The van der Waals surface area contributed by atoms with Crippen LogP contribution in [0.4, 0.5) is 10.3 Å². The Kier molecular flexibility index (Phi) is 5.57. The van der Waals surface area contributed by atoms with E-state index in [1.165, 1.54) is 0 Å². The summed E-state index contributed by atoms with van der Waals surface area (Å²) in [6.45, 7) is 4.59. The first kappa shape index (κ1) is 19.1. The molecule has 0 aliphatic carbocycles. The first-order valence-electron chi connectivity index (χ1n) is 9.60.